The van der Waals surface area contributed by atoms with Gasteiger partial charge in [-0.3, -0.25) is 24.0 Å². The number of nitrogens with two attached hydrogens (primary N) is 2. The summed E-state index contributed by atoms with van der Waals surface area (Å²) in [6.07, 6.45) is -1.48. The minimum atomic E-state index is -1.55. The molecule has 49 heavy (non-hydrogen) atoms. The van der Waals surface area contributed by atoms with Crippen molar-refractivity contribution in [2.24, 2.45) is 17.4 Å². The van der Waals surface area contributed by atoms with E-state index in [-0.39, 0.29) is 25.4 Å². The van der Waals surface area contributed by atoms with E-state index in [0.717, 1.165) is 0 Å². The maximum atomic E-state index is 13.8. The Hall–Kier alpha value is -4.08. The lowest BCUT2D eigenvalue weighted by molar-refractivity contribution is -0.142. The Morgan fingerprint density at radius 3 is 1.78 bits per heavy atom. The Morgan fingerprint density at radius 2 is 1.29 bits per heavy atom. The van der Waals surface area contributed by atoms with Crippen LogP contribution in [0.4, 0.5) is 0 Å². The van der Waals surface area contributed by atoms with Crippen LogP contribution in [-0.4, -0.2) is 94.7 Å². The number of benzene rings is 1. The van der Waals surface area contributed by atoms with Crippen molar-refractivity contribution in [2.45, 2.75) is 129 Å². The topological polar surface area (TPSA) is 241 Å². The number of ether oxygens (including phenoxy) is 2. The van der Waals surface area contributed by atoms with Crippen molar-refractivity contribution in [3.05, 3.63) is 35.9 Å². The normalized spacial score (nSPS) is 15.6. The van der Waals surface area contributed by atoms with E-state index in [1.165, 1.54) is 0 Å². The second-order valence-corrected chi connectivity index (χ2v) is 14.5. The van der Waals surface area contributed by atoms with Gasteiger partial charge in [0.2, 0.25) is 29.5 Å². The molecule has 1 aromatic rings. The molecule has 9 N–H and O–H groups in total. The highest BCUT2D eigenvalue weighted by molar-refractivity contribution is 5.97. The van der Waals surface area contributed by atoms with Crippen molar-refractivity contribution in [1.29, 1.82) is 0 Å². The van der Waals surface area contributed by atoms with Crippen LogP contribution in [0.15, 0.2) is 30.3 Å². The van der Waals surface area contributed by atoms with Crippen LogP contribution >= 0.6 is 0 Å². The lowest BCUT2D eigenvalue weighted by Crippen LogP contribution is -2.62. The molecule has 0 aliphatic carbocycles. The molecular weight excluding hydrogens is 636 g/mol. The van der Waals surface area contributed by atoms with Crippen LogP contribution in [-0.2, 0) is 44.7 Å². The average molecular weight is 693 g/mol. The van der Waals surface area contributed by atoms with Crippen molar-refractivity contribution in [3.8, 4) is 0 Å². The third-order valence-electron chi connectivity index (χ3n) is 6.90. The molecule has 0 radical (unpaired) electrons. The Morgan fingerprint density at radius 1 is 0.755 bits per heavy atom. The number of hydrogen-bond acceptors (Lipinski definition) is 9. The Kier molecular flexibility index (Phi) is 16.8. The Bertz CT molecular complexity index is 1280. The number of primary amides is 1. The largest absolute Gasteiger partial charge is 0.480 e. The maximum absolute atomic E-state index is 13.8. The highest BCUT2D eigenvalue weighted by Gasteiger charge is 2.36. The van der Waals surface area contributed by atoms with E-state index in [0.29, 0.717) is 5.56 Å². The van der Waals surface area contributed by atoms with Crippen LogP contribution in [0, 0.1) is 5.92 Å². The van der Waals surface area contributed by atoms with Crippen LogP contribution in [0.2, 0.25) is 0 Å². The fraction of sp³-hybridized carbons (Fsp3) is 0.647. The molecule has 6 atom stereocenters. The summed E-state index contributed by atoms with van der Waals surface area (Å²) >= 11 is 0. The number of carboxylic acid groups (broad SMARTS) is 1. The fourth-order valence-electron chi connectivity index (χ4n) is 4.67. The lowest BCUT2D eigenvalue weighted by Gasteiger charge is -2.32. The van der Waals surface area contributed by atoms with Gasteiger partial charge in [-0.15, -0.1) is 0 Å². The van der Waals surface area contributed by atoms with Crippen LogP contribution in [0.3, 0.4) is 0 Å². The van der Waals surface area contributed by atoms with Gasteiger partial charge in [0.15, 0.2) is 0 Å². The van der Waals surface area contributed by atoms with Crippen LogP contribution in [0.1, 0.15) is 80.7 Å². The van der Waals surface area contributed by atoms with Crippen molar-refractivity contribution in [1.82, 2.24) is 21.3 Å². The van der Waals surface area contributed by atoms with Gasteiger partial charge in [0, 0.05) is 6.42 Å². The van der Waals surface area contributed by atoms with Crippen LogP contribution in [0.25, 0.3) is 0 Å². The maximum Gasteiger partial charge on any atom is 0.326 e. The van der Waals surface area contributed by atoms with Gasteiger partial charge in [0.25, 0.3) is 0 Å². The van der Waals surface area contributed by atoms with E-state index in [2.05, 4.69) is 21.3 Å². The molecule has 0 saturated heterocycles. The van der Waals surface area contributed by atoms with Gasteiger partial charge >= 0.3 is 5.97 Å². The summed E-state index contributed by atoms with van der Waals surface area (Å²) in [5, 5.41) is 19.8. The molecular formula is C34H56N6O9. The number of aliphatic carboxylic acids is 1. The molecule has 0 heterocycles. The second-order valence-electron chi connectivity index (χ2n) is 14.5. The summed E-state index contributed by atoms with van der Waals surface area (Å²) in [5.74, 6) is -5.61. The predicted octanol–water partition coefficient (Wildman–Crippen LogP) is 0.520. The van der Waals surface area contributed by atoms with Gasteiger partial charge in [0.1, 0.15) is 30.2 Å². The quantitative estimate of drug-likeness (QED) is 0.106. The first kappa shape index (κ1) is 42.9. The number of nitrogens with one attached hydrogen (secondary N) is 4. The van der Waals surface area contributed by atoms with Crippen molar-refractivity contribution >= 4 is 35.5 Å². The number of carbonyl (C=O) groups excluding carboxylic acids is 5. The van der Waals surface area contributed by atoms with Crippen molar-refractivity contribution < 1.29 is 43.3 Å². The second kappa shape index (κ2) is 19.2. The van der Waals surface area contributed by atoms with Crippen molar-refractivity contribution in [2.75, 3.05) is 6.61 Å². The molecule has 0 spiro atoms. The summed E-state index contributed by atoms with van der Waals surface area (Å²) < 4.78 is 11.6. The molecule has 0 fully saturated rings. The van der Waals surface area contributed by atoms with E-state index in [1.807, 2.05) is 0 Å². The number of carbonyl (C=O) groups is 6. The fourth-order valence-corrected chi connectivity index (χ4v) is 4.67. The molecule has 0 unspecified atom stereocenters. The molecule has 5 amide bonds. The SMILES string of the molecule is CC(C)C[C@H](NC(=O)[C@@H](NC(=O)[C@@H](N)COC(C)(C)C)[C@@H](C)OC(C)(C)C)C(=O)N[C@@H](CC(N)=O)C(=O)N[C@@H](Cc1ccccc1)C(=O)O. The molecule has 0 aliphatic rings. The number of rotatable bonds is 19. The van der Waals surface area contributed by atoms with Gasteiger partial charge < -0.3 is 47.3 Å². The molecule has 0 aliphatic heterocycles. The number of hydrogen-bond donors (Lipinski definition) is 7. The van der Waals surface area contributed by atoms with Gasteiger partial charge in [-0.2, -0.15) is 0 Å². The zero-order chi connectivity index (χ0) is 37.7. The van der Waals surface area contributed by atoms with Gasteiger partial charge in [0.05, 0.1) is 30.3 Å². The van der Waals surface area contributed by atoms with E-state index in [4.69, 9.17) is 20.9 Å². The zero-order valence-corrected chi connectivity index (χ0v) is 30.1. The molecule has 1 rings (SSSR count). The molecule has 0 aromatic heterocycles. The van der Waals surface area contributed by atoms with Crippen molar-refractivity contribution in [3.63, 3.8) is 0 Å². The number of carboxylic acids is 1. The molecule has 0 bridgehead atoms. The third-order valence-corrected chi connectivity index (χ3v) is 6.90. The first-order valence-corrected chi connectivity index (χ1v) is 16.3. The first-order chi connectivity index (χ1) is 22.5. The highest BCUT2D eigenvalue weighted by Crippen LogP contribution is 2.15. The summed E-state index contributed by atoms with van der Waals surface area (Å²) in [4.78, 5) is 77.5. The van der Waals surface area contributed by atoms with Gasteiger partial charge in [-0.1, -0.05) is 44.2 Å². The van der Waals surface area contributed by atoms with Crippen LogP contribution < -0.4 is 32.7 Å². The Labute approximate surface area is 289 Å². The first-order valence-electron chi connectivity index (χ1n) is 16.3. The molecule has 276 valence electrons. The smallest absolute Gasteiger partial charge is 0.326 e. The zero-order valence-electron chi connectivity index (χ0n) is 30.1. The van der Waals surface area contributed by atoms with E-state index in [1.54, 1.807) is 92.6 Å². The molecule has 0 saturated carbocycles. The number of amides is 5. The summed E-state index contributed by atoms with van der Waals surface area (Å²) in [6.45, 7) is 15.8. The lowest BCUT2D eigenvalue weighted by atomic mass is 10.0. The highest BCUT2D eigenvalue weighted by atomic mass is 16.5. The Balaban J connectivity index is 3.26. The standard InChI is InChI=1S/C34H56N6O9/c1-19(2)15-23(38-31(45)27(20(3)49-34(7,8)9)40-28(42)22(35)18-48-33(4,5)6)29(43)37-24(17-26(36)41)30(44)39-25(32(46)47)16-21-13-11-10-12-14-21/h10-14,19-20,22-25,27H,15-18,35H2,1-9H3,(H2,36,41)(H,37,43)(H,38,45)(H,39,44)(H,40,42)(H,46,47)/t20-,22+,23+,24+,25+,27+/m1/s1. The summed E-state index contributed by atoms with van der Waals surface area (Å²) in [5.41, 5.74) is 10.8. The predicted molar refractivity (Wildman–Crippen MR) is 183 cm³/mol. The minimum Gasteiger partial charge on any atom is -0.480 e. The average Bonchev–Trinajstić information content (AvgIpc) is 2.95. The molecule has 15 nitrogen and oxygen atoms in total. The van der Waals surface area contributed by atoms with E-state index >= 15 is 0 Å². The van der Waals surface area contributed by atoms with Gasteiger partial charge in [-0.25, -0.2) is 4.79 Å². The third kappa shape index (κ3) is 17.2. The van der Waals surface area contributed by atoms with Gasteiger partial charge in [-0.05, 0) is 66.4 Å². The van der Waals surface area contributed by atoms with E-state index < -0.39 is 89.4 Å². The monoisotopic (exact) mass is 692 g/mol. The minimum absolute atomic E-state index is 0.0564. The van der Waals surface area contributed by atoms with E-state index in [9.17, 15) is 33.9 Å². The molecule has 1 aromatic carbocycles. The summed E-state index contributed by atoms with van der Waals surface area (Å²) in [6, 6.07) is 2.01. The van der Waals surface area contributed by atoms with Crippen LogP contribution in [0.5, 0.6) is 0 Å². The molecule has 15 heteroatoms. The summed E-state index contributed by atoms with van der Waals surface area (Å²) in [7, 11) is 0.